The van der Waals surface area contributed by atoms with E-state index in [1.165, 1.54) is 24.0 Å². The van der Waals surface area contributed by atoms with Gasteiger partial charge in [0.05, 0.1) is 12.8 Å². The SMILES string of the molecule is COc1ccccc1N1CCN(C(=O)C(C)Oc2ccc3c(c2)CCCC3)CC1. The van der Waals surface area contributed by atoms with E-state index in [1.54, 1.807) is 7.11 Å². The molecule has 0 bridgehead atoms. The molecule has 1 aliphatic carbocycles. The smallest absolute Gasteiger partial charge is 0.263 e. The molecule has 1 atom stereocenters. The molecular weight excluding hydrogens is 364 g/mol. The van der Waals surface area contributed by atoms with Crippen LogP contribution in [0.5, 0.6) is 11.5 Å². The quantitative estimate of drug-likeness (QED) is 0.776. The Morgan fingerprint density at radius 3 is 2.45 bits per heavy atom. The first-order valence-corrected chi connectivity index (χ1v) is 10.6. The number of amides is 1. The number of para-hydroxylation sites is 2. The van der Waals surface area contributed by atoms with Crippen LogP contribution in [-0.4, -0.2) is 50.2 Å². The fourth-order valence-electron chi connectivity index (χ4n) is 4.35. The fourth-order valence-corrected chi connectivity index (χ4v) is 4.35. The number of methoxy groups -OCH3 is 1. The molecule has 0 spiro atoms. The van der Waals surface area contributed by atoms with Crippen molar-refractivity contribution in [3.63, 3.8) is 0 Å². The third-order valence-electron chi connectivity index (χ3n) is 6.00. The van der Waals surface area contributed by atoms with Gasteiger partial charge in [-0.1, -0.05) is 18.2 Å². The lowest BCUT2D eigenvalue weighted by Gasteiger charge is -2.37. The Labute approximate surface area is 173 Å². The molecule has 5 heteroatoms. The molecule has 0 radical (unpaired) electrons. The summed E-state index contributed by atoms with van der Waals surface area (Å²) in [7, 11) is 1.69. The molecule has 2 aliphatic rings. The van der Waals surface area contributed by atoms with Gasteiger partial charge in [0.15, 0.2) is 6.10 Å². The van der Waals surface area contributed by atoms with E-state index in [4.69, 9.17) is 9.47 Å². The van der Waals surface area contributed by atoms with Gasteiger partial charge in [-0.25, -0.2) is 0 Å². The number of anilines is 1. The summed E-state index contributed by atoms with van der Waals surface area (Å²) in [6.45, 7) is 4.81. The number of piperazine rings is 1. The maximum Gasteiger partial charge on any atom is 0.263 e. The molecule has 1 amide bonds. The third-order valence-corrected chi connectivity index (χ3v) is 6.00. The van der Waals surface area contributed by atoms with Crippen molar-refractivity contribution in [2.45, 2.75) is 38.7 Å². The normalized spacial score (nSPS) is 17.4. The van der Waals surface area contributed by atoms with Gasteiger partial charge in [0, 0.05) is 26.2 Å². The Hall–Kier alpha value is -2.69. The van der Waals surface area contributed by atoms with E-state index in [2.05, 4.69) is 23.1 Å². The summed E-state index contributed by atoms with van der Waals surface area (Å²) in [5, 5.41) is 0. The Morgan fingerprint density at radius 2 is 1.69 bits per heavy atom. The number of fused-ring (bicyclic) bond motifs is 1. The number of benzene rings is 2. The second kappa shape index (κ2) is 8.76. The van der Waals surface area contributed by atoms with Gasteiger partial charge in [-0.15, -0.1) is 0 Å². The van der Waals surface area contributed by atoms with Crippen LogP contribution in [0.3, 0.4) is 0 Å². The highest BCUT2D eigenvalue weighted by Crippen LogP contribution is 2.29. The Morgan fingerprint density at radius 1 is 0.966 bits per heavy atom. The molecule has 0 aromatic heterocycles. The number of rotatable bonds is 5. The van der Waals surface area contributed by atoms with E-state index >= 15 is 0 Å². The highest BCUT2D eigenvalue weighted by atomic mass is 16.5. The van der Waals surface area contributed by atoms with Crippen molar-refractivity contribution in [3.05, 3.63) is 53.6 Å². The van der Waals surface area contributed by atoms with Crippen LogP contribution in [0, 0.1) is 0 Å². The highest BCUT2D eigenvalue weighted by Gasteiger charge is 2.27. The molecule has 0 saturated carbocycles. The minimum Gasteiger partial charge on any atom is -0.495 e. The summed E-state index contributed by atoms with van der Waals surface area (Å²) in [6, 6.07) is 14.3. The summed E-state index contributed by atoms with van der Waals surface area (Å²) in [4.78, 5) is 17.1. The molecule has 154 valence electrons. The van der Waals surface area contributed by atoms with Crippen LogP contribution in [0.2, 0.25) is 0 Å². The van der Waals surface area contributed by atoms with Crippen molar-refractivity contribution < 1.29 is 14.3 Å². The van der Waals surface area contributed by atoms with Gasteiger partial charge in [-0.3, -0.25) is 4.79 Å². The van der Waals surface area contributed by atoms with Gasteiger partial charge in [0.2, 0.25) is 0 Å². The monoisotopic (exact) mass is 394 g/mol. The zero-order valence-corrected chi connectivity index (χ0v) is 17.4. The molecule has 1 saturated heterocycles. The largest absolute Gasteiger partial charge is 0.495 e. The van der Waals surface area contributed by atoms with Gasteiger partial charge < -0.3 is 19.3 Å². The van der Waals surface area contributed by atoms with E-state index in [1.807, 2.05) is 36.1 Å². The van der Waals surface area contributed by atoms with E-state index in [0.29, 0.717) is 13.1 Å². The average Bonchev–Trinajstić information content (AvgIpc) is 2.78. The zero-order valence-electron chi connectivity index (χ0n) is 17.4. The predicted octanol–water partition coefficient (Wildman–Crippen LogP) is 3.69. The molecule has 5 nitrogen and oxygen atoms in total. The standard InChI is InChI=1S/C24H30N2O3/c1-18(29-21-12-11-19-7-3-4-8-20(19)17-21)24(27)26-15-13-25(14-16-26)22-9-5-6-10-23(22)28-2/h5-6,9-12,17-18H,3-4,7-8,13-16H2,1-2H3. The fraction of sp³-hybridized carbons (Fsp3) is 0.458. The lowest BCUT2D eigenvalue weighted by Crippen LogP contribution is -2.52. The average molecular weight is 395 g/mol. The van der Waals surface area contributed by atoms with Gasteiger partial charge in [0.1, 0.15) is 11.5 Å². The predicted molar refractivity (Wildman–Crippen MR) is 115 cm³/mol. The molecule has 1 heterocycles. The minimum absolute atomic E-state index is 0.0578. The van der Waals surface area contributed by atoms with Crippen molar-refractivity contribution in [1.29, 1.82) is 0 Å². The van der Waals surface area contributed by atoms with Crippen molar-refractivity contribution >= 4 is 11.6 Å². The second-order valence-electron chi connectivity index (χ2n) is 7.88. The number of nitrogens with zero attached hydrogens (tertiary/aromatic N) is 2. The highest BCUT2D eigenvalue weighted by molar-refractivity contribution is 5.81. The molecule has 1 fully saturated rings. The number of carbonyl (C=O) groups is 1. The first-order chi connectivity index (χ1) is 14.2. The number of ether oxygens (including phenoxy) is 2. The van der Waals surface area contributed by atoms with Crippen LogP contribution in [-0.2, 0) is 17.6 Å². The first-order valence-electron chi connectivity index (χ1n) is 10.6. The van der Waals surface area contributed by atoms with Crippen LogP contribution in [0.25, 0.3) is 0 Å². The van der Waals surface area contributed by atoms with Crippen molar-refractivity contribution in [2.75, 3.05) is 38.2 Å². The summed E-state index contributed by atoms with van der Waals surface area (Å²) in [5.41, 5.74) is 3.88. The van der Waals surface area contributed by atoms with Crippen molar-refractivity contribution in [1.82, 2.24) is 4.90 Å². The molecule has 2 aromatic rings. The van der Waals surface area contributed by atoms with Crippen LogP contribution < -0.4 is 14.4 Å². The van der Waals surface area contributed by atoms with Crippen molar-refractivity contribution in [2.24, 2.45) is 0 Å². The Balaban J connectivity index is 1.34. The van der Waals surface area contributed by atoms with Crippen LogP contribution in [0.1, 0.15) is 30.9 Å². The number of aryl methyl sites for hydroxylation is 2. The molecule has 4 rings (SSSR count). The van der Waals surface area contributed by atoms with Gasteiger partial charge in [0.25, 0.3) is 5.91 Å². The molecule has 29 heavy (non-hydrogen) atoms. The van der Waals surface area contributed by atoms with Crippen molar-refractivity contribution in [3.8, 4) is 11.5 Å². The van der Waals surface area contributed by atoms with Crippen LogP contribution >= 0.6 is 0 Å². The Bertz CT molecular complexity index is 859. The number of carbonyl (C=O) groups excluding carboxylic acids is 1. The maximum absolute atomic E-state index is 12.9. The van der Waals surface area contributed by atoms with E-state index in [-0.39, 0.29) is 5.91 Å². The summed E-state index contributed by atoms with van der Waals surface area (Å²) in [6.07, 6.45) is 4.29. The zero-order chi connectivity index (χ0) is 20.2. The van der Waals surface area contributed by atoms with Gasteiger partial charge in [-0.05, 0) is 68.0 Å². The summed E-state index contributed by atoms with van der Waals surface area (Å²) >= 11 is 0. The topological polar surface area (TPSA) is 42.0 Å². The molecule has 0 N–H and O–H groups in total. The van der Waals surface area contributed by atoms with Crippen LogP contribution in [0.15, 0.2) is 42.5 Å². The van der Waals surface area contributed by atoms with E-state index < -0.39 is 6.10 Å². The molecule has 1 unspecified atom stereocenters. The molecular formula is C24H30N2O3. The van der Waals surface area contributed by atoms with Gasteiger partial charge in [-0.2, -0.15) is 0 Å². The van der Waals surface area contributed by atoms with Crippen LogP contribution in [0.4, 0.5) is 5.69 Å². The first kappa shape index (κ1) is 19.6. The molecule has 1 aliphatic heterocycles. The lowest BCUT2D eigenvalue weighted by molar-refractivity contribution is -0.138. The minimum atomic E-state index is -0.477. The Kier molecular flexibility index (Phi) is 5.93. The second-order valence-corrected chi connectivity index (χ2v) is 7.88. The third kappa shape index (κ3) is 4.34. The summed E-state index contributed by atoms with van der Waals surface area (Å²) < 4.78 is 11.5. The van der Waals surface area contributed by atoms with E-state index in [0.717, 1.165) is 43.1 Å². The van der Waals surface area contributed by atoms with Gasteiger partial charge >= 0.3 is 0 Å². The van der Waals surface area contributed by atoms with E-state index in [9.17, 15) is 4.79 Å². The number of hydrogen-bond donors (Lipinski definition) is 0. The number of hydrogen-bond acceptors (Lipinski definition) is 4. The molecule has 2 aromatic carbocycles. The summed E-state index contributed by atoms with van der Waals surface area (Å²) in [5.74, 6) is 1.73. The lowest BCUT2D eigenvalue weighted by atomic mass is 9.92. The maximum atomic E-state index is 12.9.